The summed E-state index contributed by atoms with van der Waals surface area (Å²) in [4.78, 5) is 40.5. The lowest BCUT2D eigenvalue weighted by Gasteiger charge is -2.16. The van der Waals surface area contributed by atoms with Gasteiger partial charge >= 0.3 is 0 Å². The number of rotatable bonds is 5. The van der Waals surface area contributed by atoms with Gasteiger partial charge in [-0.2, -0.15) is 0 Å². The Morgan fingerprint density at radius 2 is 2.17 bits per heavy atom. The lowest BCUT2D eigenvalue weighted by Crippen LogP contribution is -2.30. The van der Waals surface area contributed by atoms with Crippen LogP contribution in [0.3, 0.4) is 0 Å². The number of aromatic amines is 1. The number of carbonyl (C=O) groups excluding carboxylic acids is 2. The van der Waals surface area contributed by atoms with E-state index in [9.17, 15) is 14.4 Å². The zero-order valence-corrected chi connectivity index (χ0v) is 13.4. The quantitative estimate of drug-likeness (QED) is 0.855. The minimum Gasteiger partial charge on any atom is -0.383 e. The molecule has 1 fully saturated rings. The van der Waals surface area contributed by atoms with E-state index in [1.54, 1.807) is 42.5 Å². The van der Waals surface area contributed by atoms with E-state index in [1.165, 1.54) is 0 Å². The topological polar surface area (TPSA) is 91.5 Å². The van der Waals surface area contributed by atoms with Crippen molar-refractivity contribution in [3.05, 3.63) is 40.8 Å². The predicted molar refractivity (Wildman–Crippen MR) is 89.8 cm³/mol. The molecule has 1 saturated heterocycles. The fraction of sp³-hybridized carbons (Fsp3) is 0.353. The van der Waals surface area contributed by atoms with Crippen LogP contribution in [-0.2, 0) is 14.3 Å². The number of hydrogen-bond acceptors (Lipinski definition) is 4. The molecule has 2 amide bonds. The summed E-state index contributed by atoms with van der Waals surface area (Å²) in [5.41, 5.74) is 0.372. The standard InChI is InChI=1S/C17H19N3O4/c1-24-8-7-20-10-11(9-15(20)21)16(22)19-14-4-2-3-13-12(14)5-6-18-17(13)23/h2-6,11H,7-10H2,1H3,(H,18,23)(H,19,22). The van der Waals surface area contributed by atoms with Crippen LogP contribution < -0.4 is 10.9 Å². The molecule has 1 aromatic carbocycles. The smallest absolute Gasteiger partial charge is 0.255 e. The first kappa shape index (κ1) is 16.2. The van der Waals surface area contributed by atoms with Crippen molar-refractivity contribution in [3.63, 3.8) is 0 Å². The van der Waals surface area contributed by atoms with Crippen LogP contribution in [0.5, 0.6) is 0 Å². The van der Waals surface area contributed by atoms with Crippen LogP contribution in [0.15, 0.2) is 35.3 Å². The molecule has 2 N–H and O–H groups in total. The first-order valence-electron chi connectivity index (χ1n) is 7.78. The zero-order chi connectivity index (χ0) is 17.1. The second-order valence-corrected chi connectivity index (χ2v) is 5.80. The van der Waals surface area contributed by atoms with Gasteiger partial charge in [-0.3, -0.25) is 14.4 Å². The summed E-state index contributed by atoms with van der Waals surface area (Å²) < 4.78 is 4.98. The van der Waals surface area contributed by atoms with E-state index in [-0.39, 0.29) is 23.8 Å². The van der Waals surface area contributed by atoms with E-state index in [1.807, 2.05) is 0 Å². The number of fused-ring (bicyclic) bond motifs is 1. The molecule has 0 spiro atoms. The molecular weight excluding hydrogens is 310 g/mol. The normalized spacial score (nSPS) is 17.5. The summed E-state index contributed by atoms with van der Waals surface area (Å²) in [7, 11) is 1.58. The molecule has 1 aliphatic heterocycles. The first-order chi connectivity index (χ1) is 11.6. The number of H-pyrrole nitrogens is 1. The number of pyridine rings is 1. The highest BCUT2D eigenvalue weighted by Gasteiger charge is 2.34. The number of carbonyl (C=O) groups is 2. The molecule has 3 rings (SSSR count). The summed E-state index contributed by atoms with van der Waals surface area (Å²) in [6.45, 7) is 1.33. The SMILES string of the molecule is COCCN1CC(C(=O)Nc2cccc3c(=O)[nH]ccc23)CC1=O. The average Bonchev–Trinajstić information content (AvgIpc) is 2.95. The van der Waals surface area contributed by atoms with Crippen LogP contribution in [0, 0.1) is 5.92 Å². The van der Waals surface area contributed by atoms with Gasteiger partial charge in [0.1, 0.15) is 0 Å². The van der Waals surface area contributed by atoms with Gasteiger partial charge in [-0.1, -0.05) is 6.07 Å². The molecule has 126 valence electrons. The van der Waals surface area contributed by atoms with Crippen molar-refractivity contribution in [2.45, 2.75) is 6.42 Å². The largest absolute Gasteiger partial charge is 0.383 e. The minimum atomic E-state index is -0.397. The fourth-order valence-corrected chi connectivity index (χ4v) is 2.93. The molecule has 1 unspecified atom stereocenters. The lowest BCUT2D eigenvalue weighted by molar-refractivity contribution is -0.128. The maximum atomic E-state index is 12.5. The van der Waals surface area contributed by atoms with Gasteiger partial charge in [-0.25, -0.2) is 0 Å². The number of anilines is 1. The van der Waals surface area contributed by atoms with Crippen molar-refractivity contribution in [1.82, 2.24) is 9.88 Å². The molecule has 1 atom stereocenters. The lowest BCUT2D eigenvalue weighted by atomic mass is 10.1. The molecule has 0 radical (unpaired) electrons. The number of nitrogens with one attached hydrogen (secondary N) is 2. The summed E-state index contributed by atoms with van der Waals surface area (Å²) in [6, 6.07) is 6.92. The zero-order valence-electron chi connectivity index (χ0n) is 13.4. The van der Waals surface area contributed by atoms with Crippen LogP contribution in [0.1, 0.15) is 6.42 Å². The second-order valence-electron chi connectivity index (χ2n) is 5.80. The average molecular weight is 329 g/mol. The minimum absolute atomic E-state index is 0.0402. The number of benzene rings is 1. The van der Waals surface area contributed by atoms with Gasteiger partial charge < -0.3 is 19.9 Å². The van der Waals surface area contributed by atoms with E-state index in [2.05, 4.69) is 10.3 Å². The Bertz CT molecular complexity index is 830. The molecule has 0 aliphatic carbocycles. The molecule has 7 nitrogen and oxygen atoms in total. The Balaban J connectivity index is 1.75. The van der Waals surface area contributed by atoms with Crippen molar-refractivity contribution in [2.75, 3.05) is 32.1 Å². The summed E-state index contributed by atoms with van der Waals surface area (Å²) in [5.74, 6) is -0.649. The molecule has 1 aliphatic rings. The molecule has 24 heavy (non-hydrogen) atoms. The molecule has 7 heteroatoms. The summed E-state index contributed by atoms with van der Waals surface area (Å²) in [5, 5.41) is 4.04. The monoisotopic (exact) mass is 329 g/mol. The number of likely N-dealkylation sites (tertiary alicyclic amines) is 1. The van der Waals surface area contributed by atoms with Gasteiger partial charge in [-0.05, 0) is 18.2 Å². The fourth-order valence-electron chi connectivity index (χ4n) is 2.93. The summed E-state index contributed by atoms with van der Waals surface area (Å²) >= 11 is 0. The number of methoxy groups -OCH3 is 1. The van der Waals surface area contributed by atoms with E-state index in [4.69, 9.17) is 4.74 Å². The van der Waals surface area contributed by atoms with Gasteiger partial charge in [0.2, 0.25) is 11.8 Å². The molecule has 2 aromatic rings. The molecule has 0 bridgehead atoms. The van der Waals surface area contributed by atoms with Gasteiger partial charge in [-0.15, -0.1) is 0 Å². The van der Waals surface area contributed by atoms with Crippen LogP contribution in [0.4, 0.5) is 5.69 Å². The molecule has 2 heterocycles. The van der Waals surface area contributed by atoms with E-state index < -0.39 is 5.92 Å². The highest BCUT2D eigenvalue weighted by molar-refractivity contribution is 6.04. The van der Waals surface area contributed by atoms with Crippen molar-refractivity contribution in [3.8, 4) is 0 Å². The number of nitrogens with zero attached hydrogens (tertiary/aromatic N) is 1. The Morgan fingerprint density at radius 3 is 2.96 bits per heavy atom. The van der Waals surface area contributed by atoms with Crippen LogP contribution in [-0.4, -0.2) is 48.5 Å². The van der Waals surface area contributed by atoms with Crippen molar-refractivity contribution in [2.24, 2.45) is 5.92 Å². The Kier molecular flexibility index (Phi) is 4.61. The highest BCUT2D eigenvalue weighted by Crippen LogP contribution is 2.23. The van der Waals surface area contributed by atoms with Crippen LogP contribution >= 0.6 is 0 Å². The maximum Gasteiger partial charge on any atom is 0.255 e. The number of ether oxygens (including phenoxy) is 1. The van der Waals surface area contributed by atoms with Gasteiger partial charge in [0.25, 0.3) is 5.56 Å². The predicted octanol–water partition coefficient (Wildman–Crippen LogP) is 0.961. The third-order valence-corrected chi connectivity index (χ3v) is 4.22. The van der Waals surface area contributed by atoms with Crippen molar-refractivity contribution < 1.29 is 14.3 Å². The molecule has 0 saturated carbocycles. The van der Waals surface area contributed by atoms with Gasteiger partial charge in [0, 0.05) is 49.3 Å². The molecule has 1 aromatic heterocycles. The maximum absolute atomic E-state index is 12.5. The number of hydrogen-bond donors (Lipinski definition) is 2. The Labute approximate surface area is 138 Å². The first-order valence-corrected chi connectivity index (χ1v) is 7.78. The van der Waals surface area contributed by atoms with Gasteiger partial charge in [0.15, 0.2) is 0 Å². The van der Waals surface area contributed by atoms with Gasteiger partial charge in [0.05, 0.1) is 12.5 Å². The van der Waals surface area contributed by atoms with E-state index in [0.29, 0.717) is 36.2 Å². The second kappa shape index (κ2) is 6.84. The number of amides is 2. The van der Waals surface area contributed by atoms with Crippen molar-refractivity contribution in [1.29, 1.82) is 0 Å². The third kappa shape index (κ3) is 3.16. The van der Waals surface area contributed by atoms with Crippen molar-refractivity contribution >= 4 is 28.3 Å². The van der Waals surface area contributed by atoms with Crippen LogP contribution in [0.25, 0.3) is 10.8 Å². The summed E-state index contributed by atoms with van der Waals surface area (Å²) in [6.07, 6.45) is 1.74. The highest BCUT2D eigenvalue weighted by atomic mass is 16.5. The number of aromatic nitrogens is 1. The third-order valence-electron chi connectivity index (χ3n) is 4.22. The van der Waals surface area contributed by atoms with E-state index >= 15 is 0 Å². The Hall–Kier alpha value is -2.67. The Morgan fingerprint density at radius 1 is 1.33 bits per heavy atom. The van der Waals surface area contributed by atoms with E-state index in [0.717, 1.165) is 0 Å². The van der Waals surface area contributed by atoms with Crippen LogP contribution in [0.2, 0.25) is 0 Å². The molecular formula is C17H19N3O4.